The molecule has 1 heterocycles. The van der Waals surface area contributed by atoms with Gasteiger partial charge in [0.2, 0.25) is 0 Å². The number of esters is 1. The maximum atomic E-state index is 13.3. The standard InChI is InChI=1S/C31H24N2O5/c1-33-29(28(21-10-4-2-5-11-21)25-14-8-9-15-26(25)30(33)35)31(36)37-20-27(34)32-22-16-18-24(19-17-22)38-23-12-6-3-7-13-23/h2-19H,20H2,1H3,(H,32,34). The molecule has 0 aliphatic carbocycles. The van der Waals surface area contributed by atoms with Gasteiger partial charge in [-0.25, -0.2) is 4.79 Å². The van der Waals surface area contributed by atoms with Gasteiger partial charge in [0.25, 0.3) is 11.5 Å². The summed E-state index contributed by atoms with van der Waals surface area (Å²) in [5, 5.41) is 3.83. The average Bonchev–Trinajstić information content (AvgIpc) is 2.95. The molecule has 38 heavy (non-hydrogen) atoms. The molecule has 0 atom stereocenters. The third kappa shape index (κ3) is 5.17. The van der Waals surface area contributed by atoms with Crippen LogP contribution in [0.5, 0.6) is 11.5 Å². The van der Waals surface area contributed by atoms with Crippen LogP contribution in [-0.4, -0.2) is 23.1 Å². The highest BCUT2D eigenvalue weighted by Gasteiger charge is 2.23. The first-order valence-corrected chi connectivity index (χ1v) is 12.0. The summed E-state index contributed by atoms with van der Waals surface area (Å²) in [6, 6.07) is 32.6. The number of rotatable bonds is 7. The Balaban J connectivity index is 1.33. The molecule has 1 N–H and O–H groups in total. The second-order valence-electron chi connectivity index (χ2n) is 8.56. The van der Waals surface area contributed by atoms with Crippen molar-refractivity contribution >= 4 is 28.3 Å². The molecular weight excluding hydrogens is 480 g/mol. The first kappa shape index (κ1) is 24.5. The average molecular weight is 505 g/mol. The molecule has 0 saturated carbocycles. The fraction of sp³-hybridized carbons (Fsp3) is 0.0645. The number of para-hydroxylation sites is 1. The quantitative estimate of drug-likeness (QED) is 0.284. The number of aromatic nitrogens is 1. The number of nitrogens with one attached hydrogen (secondary N) is 1. The number of anilines is 1. The Bertz CT molecular complexity index is 1660. The molecule has 0 spiro atoms. The van der Waals surface area contributed by atoms with E-state index in [9.17, 15) is 14.4 Å². The third-order valence-electron chi connectivity index (χ3n) is 6.01. The molecule has 0 aliphatic heterocycles. The zero-order valence-corrected chi connectivity index (χ0v) is 20.6. The van der Waals surface area contributed by atoms with Crippen molar-refractivity contribution in [1.29, 1.82) is 0 Å². The van der Waals surface area contributed by atoms with Crippen molar-refractivity contribution in [2.75, 3.05) is 11.9 Å². The van der Waals surface area contributed by atoms with E-state index < -0.39 is 18.5 Å². The lowest BCUT2D eigenvalue weighted by Gasteiger charge is -2.16. The Morgan fingerprint density at radius 2 is 1.32 bits per heavy atom. The highest BCUT2D eigenvalue weighted by Crippen LogP contribution is 2.31. The Hall–Kier alpha value is -5.17. The van der Waals surface area contributed by atoms with Gasteiger partial charge in [-0.05, 0) is 53.4 Å². The number of pyridine rings is 1. The van der Waals surface area contributed by atoms with E-state index in [4.69, 9.17) is 9.47 Å². The molecule has 188 valence electrons. The molecule has 1 aromatic heterocycles. The molecule has 0 bridgehead atoms. The highest BCUT2D eigenvalue weighted by atomic mass is 16.5. The van der Waals surface area contributed by atoms with E-state index in [2.05, 4.69) is 5.32 Å². The molecule has 0 fully saturated rings. The largest absolute Gasteiger partial charge is 0.457 e. The van der Waals surface area contributed by atoms with Gasteiger partial charge in [-0.3, -0.25) is 9.59 Å². The number of ether oxygens (including phenoxy) is 2. The van der Waals surface area contributed by atoms with Crippen LogP contribution in [0.4, 0.5) is 5.69 Å². The molecule has 0 aliphatic rings. The zero-order valence-electron chi connectivity index (χ0n) is 20.6. The van der Waals surface area contributed by atoms with Crippen molar-refractivity contribution in [3.8, 4) is 22.6 Å². The lowest BCUT2D eigenvalue weighted by atomic mass is 9.97. The van der Waals surface area contributed by atoms with Crippen LogP contribution in [0.3, 0.4) is 0 Å². The Labute approximate surface area is 218 Å². The van der Waals surface area contributed by atoms with Crippen LogP contribution in [0.15, 0.2) is 114 Å². The Morgan fingerprint density at radius 3 is 2.00 bits per heavy atom. The Kier molecular flexibility index (Phi) is 6.99. The topological polar surface area (TPSA) is 86.6 Å². The smallest absolute Gasteiger partial charge is 0.356 e. The van der Waals surface area contributed by atoms with Gasteiger partial charge in [-0.1, -0.05) is 66.7 Å². The van der Waals surface area contributed by atoms with Crippen molar-refractivity contribution in [3.63, 3.8) is 0 Å². The summed E-state index contributed by atoms with van der Waals surface area (Å²) in [5.41, 5.74) is 1.61. The second-order valence-corrected chi connectivity index (χ2v) is 8.56. The van der Waals surface area contributed by atoms with E-state index in [1.807, 2.05) is 66.7 Å². The minimum Gasteiger partial charge on any atom is -0.457 e. The number of nitrogens with zero attached hydrogens (tertiary/aromatic N) is 1. The number of hydrogen-bond acceptors (Lipinski definition) is 5. The molecule has 5 aromatic rings. The van der Waals surface area contributed by atoms with Crippen molar-refractivity contribution in [1.82, 2.24) is 4.57 Å². The molecule has 0 unspecified atom stereocenters. The number of carbonyl (C=O) groups excluding carboxylic acids is 2. The number of amides is 1. The first-order valence-electron chi connectivity index (χ1n) is 12.0. The summed E-state index contributed by atoms with van der Waals surface area (Å²) >= 11 is 0. The van der Waals surface area contributed by atoms with Crippen LogP contribution in [0, 0.1) is 0 Å². The van der Waals surface area contributed by atoms with Gasteiger partial charge in [0.05, 0.1) is 0 Å². The van der Waals surface area contributed by atoms with E-state index in [1.54, 1.807) is 42.5 Å². The molecule has 7 heteroatoms. The van der Waals surface area contributed by atoms with E-state index in [0.717, 1.165) is 5.56 Å². The van der Waals surface area contributed by atoms with Crippen LogP contribution in [0.1, 0.15) is 10.5 Å². The molecule has 1 amide bonds. The van der Waals surface area contributed by atoms with Gasteiger partial charge in [-0.15, -0.1) is 0 Å². The molecule has 4 aromatic carbocycles. The number of fused-ring (bicyclic) bond motifs is 1. The predicted molar refractivity (Wildman–Crippen MR) is 146 cm³/mol. The first-order chi connectivity index (χ1) is 18.5. The molecule has 7 nitrogen and oxygen atoms in total. The van der Waals surface area contributed by atoms with Crippen molar-refractivity contribution in [2.24, 2.45) is 7.05 Å². The van der Waals surface area contributed by atoms with Crippen molar-refractivity contribution in [2.45, 2.75) is 0 Å². The lowest BCUT2D eigenvalue weighted by molar-refractivity contribution is -0.119. The summed E-state index contributed by atoms with van der Waals surface area (Å²) in [6.07, 6.45) is 0. The third-order valence-corrected chi connectivity index (χ3v) is 6.01. The number of carbonyl (C=O) groups is 2. The predicted octanol–water partition coefficient (Wildman–Crippen LogP) is 5.79. The minimum atomic E-state index is -0.768. The highest BCUT2D eigenvalue weighted by molar-refractivity contribution is 6.07. The van der Waals surface area contributed by atoms with Gasteiger partial charge in [0.15, 0.2) is 6.61 Å². The summed E-state index contributed by atoms with van der Waals surface area (Å²) in [5.74, 6) is 0.0403. The fourth-order valence-electron chi connectivity index (χ4n) is 4.23. The molecule has 5 rings (SSSR count). The summed E-state index contributed by atoms with van der Waals surface area (Å²) in [7, 11) is 1.52. The monoisotopic (exact) mass is 504 g/mol. The molecular formula is C31H24N2O5. The van der Waals surface area contributed by atoms with Gasteiger partial charge >= 0.3 is 5.97 Å². The zero-order chi connectivity index (χ0) is 26.5. The lowest BCUT2D eigenvalue weighted by Crippen LogP contribution is -2.28. The van der Waals surface area contributed by atoms with E-state index in [-0.39, 0.29) is 11.3 Å². The van der Waals surface area contributed by atoms with Crippen LogP contribution in [0.25, 0.3) is 21.9 Å². The number of benzene rings is 4. The minimum absolute atomic E-state index is 0.0788. The van der Waals surface area contributed by atoms with Crippen LogP contribution in [-0.2, 0) is 16.6 Å². The molecule has 0 saturated heterocycles. The van der Waals surface area contributed by atoms with E-state index in [1.165, 1.54) is 11.6 Å². The normalized spacial score (nSPS) is 10.7. The van der Waals surface area contributed by atoms with Gasteiger partial charge in [0, 0.05) is 23.7 Å². The molecule has 0 radical (unpaired) electrons. The summed E-state index contributed by atoms with van der Waals surface area (Å²) in [4.78, 5) is 38.8. The fourth-order valence-corrected chi connectivity index (χ4v) is 4.23. The summed E-state index contributed by atoms with van der Waals surface area (Å²) in [6.45, 7) is -0.518. The maximum Gasteiger partial charge on any atom is 0.356 e. The van der Waals surface area contributed by atoms with Crippen LogP contribution < -0.4 is 15.6 Å². The van der Waals surface area contributed by atoms with Gasteiger partial charge in [0.1, 0.15) is 17.2 Å². The second kappa shape index (κ2) is 10.8. The Morgan fingerprint density at radius 1 is 0.737 bits per heavy atom. The number of hydrogen-bond donors (Lipinski definition) is 1. The van der Waals surface area contributed by atoms with Gasteiger partial charge in [-0.2, -0.15) is 0 Å². The van der Waals surface area contributed by atoms with Crippen LogP contribution in [0.2, 0.25) is 0 Å². The van der Waals surface area contributed by atoms with Crippen molar-refractivity contribution in [3.05, 3.63) is 125 Å². The van der Waals surface area contributed by atoms with Gasteiger partial charge < -0.3 is 19.4 Å². The van der Waals surface area contributed by atoms with Crippen LogP contribution >= 0.6 is 0 Å². The SMILES string of the molecule is Cn1c(C(=O)OCC(=O)Nc2ccc(Oc3ccccc3)cc2)c(-c2ccccc2)c2ccccc2c1=O. The van der Waals surface area contributed by atoms with E-state index >= 15 is 0 Å². The maximum absolute atomic E-state index is 13.3. The van der Waals surface area contributed by atoms with E-state index in [0.29, 0.717) is 33.5 Å². The van der Waals surface area contributed by atoms with Crippen molar-refractivity contribution < 1.29 is 19.1 Å². The summed E-state index contributed by atoms with van der Waals surface area (Å²) < 4.78 is 12.4.